The van der Waals surface area contributed by atoms with Gasteiger partial charge in [0.05, 0.1) is 4.90 Å². The van der Waals surface area contributed by atoms with Crippen LogP contribution in [0.4, 0.5) is 4.79 Å². The highest BCUT2D eigenvalue weighted by atomic mass is 32.2. The van der Waals surface area contributed by atoms with Crippen LogP contribution in [-0.2, 0) is 26.0 Å². The fourth-order valence-electron chi connectivity index (χ4n) is 3.66. The number of hydrogen-bond donors (Lipinski definition) is 2. The van der Waals surface area contributed by atoms with Crippen LogP contribution in [-0.4, -0.2) is 43.7 Å². The molecule has 0 unspecified atom stereocenters. The Morgan fingerprint density at radius 1 is 1.00 bits per heavy atom. The molecule has 1 aliphatic rings. The second kappa shape index (κ2) is 11.0. The molecule has 0 aromatic heterocycles. The van der Waals surface area contributed by atoms with Crippen molar-refractivity contribution in [2.75, 3.05) is 6.54 Å². The molecule has 3 rings (SSSR count). The zero-order chi connectivity index (χ0) is 24.8. The molecule has 8 nitrogen and oxygen atoms in total. The van der Waals surface area contributed by atoms with E-state index in [1.165, 1.54) is 16.4 Å². The van der Waals surface area contributed by atoms with Gasteiger partial charge in [0.2, 0.25) is 15.9 Å². The second-order valence-corrected chi connectivity index (χ2v) is 11.3. The second-order valence-electron chi connectivity index (χ2n) is 9.39. The molecular formula is C25H33N3O5S. The Morgan fingerprint density at radius 3 is 2.24 bits per heavy atom. The number of carbonyl (C=O) groups is 2. The van der Waals surface area contributed by atoms with Crippen molar-refractivity contribution >= 4 is 22.0 Å². The van der Waals surface area contributed by atoms with Crippen LogP contribution in [0.2, 0.25) is 0 Å². The van der Waals surface area contributed by atoms with Gasteiger partial charge in [-0.05, 0) is 37.0 Å². The van der Waals surface area contributed by atoms with Crippen LogP contribution in [0.3, 0.4) is 0 Å². The van der Waals surface area contributed by atoms with Gasteiger partial charge < -0.3 is 15.4 Å². The Hall–Kier alpha value is -2.91. The fraction of sp³-hybridized carbons (Fsp3) is 0.440. The molecule has 2 N–H and O–H groups in total. The lowest BCUT2D eigenvalue weighted by atomic mass is 9.95. The molecule has 184 valence electrons. The fourth-order valence-corrected chi connectivity index (χ4v) is 5.26. The summed E-state index contributed by atoms with van der Waals surface area (Å²) in [7, 11) is -3.81. The first-order valence-corrected chi connectivity index (χ1v) is 12.9. The monoisotopic (exact) mass is 487 g/mol. The van der Waals surface area contributed by atoms with Gasteiger partial charge in [0.15, 0.2) is 6.23 Å². The summed E-state index contributed by atoms with van der Waals surface area (Å²) < 4.78 is 33.1. The molecule has 2 atom stereocenters. The van der Waals surface area contributed by atoms with Gasteiger partial charge in [-0.3, -0.25) is 4.79 Å². The molecule has 2 amide bonds. The number of alkyl carbamates (subject to hydrolysis) is 1. The molecular weight excluding hydrogens is 454 g/mol. The number of carbonyl (C=O) groups excluding carboxylic acids is 2. The van der Waals surface area contributed by atoms with Crippen molar-refractivity contribution in [3.05, 3.63) is 66.2 Å². The van der Waals surface area contributed by atoms with E-state index in [1.807, 2.05) is 30.3 Å². The highest BCUT2D eigenvalue weighted by Crippen LogP contribution is 2.26. The van der Waals surface area contributed by atoms with Crippen LogP contribution in [0.25, 0.3) is 0 Å². The molecule has 1 heterocycles. The summed E-state index contributed by atoms with van der Waals surface area (Å²) in [5.74, 6) is -0.223. The Kier molecular flexibility index (Phi) is 8.33. The number of ether oxygens (including phenoxy) is 1. The maximum atomic E-state index is 13.2. The Balaban J connectivity index is 1.73. The smallest absolute Gasteiger partial charge is 0.410 e. The zero-order valence-corrected chi connectivity index (χ0v) is 20.7. The lowest BCUT2D eigenvalue weighted by Crippen LogP contribution is -2.54. The van der Waals surface area contributed by atoms with Gasteiger partial charge in [0, 0.05) is 18.4 Å². The van der Waals surface area contributed by atoms with E-state index in [1.54, 1.807) is 39.0 Å². The van der Waals surface area contributed by atoms with E-state index in [0.29, 0.717) is 19.3 Å². The number of nitrogens with zero attached hydrogens (tertiary/aromatic N) is 1. The predicted molar refractivity (Wildman–Crippen MR) is 129 cm³/mol. The first kappa shape index (κ1) is 25.7. The van der Waals surface area contributed by atoms with Gasteiger partial charge in [0.25, 0.3) is 0 Å². The molecule has 34 heavy (non-hydrogen) atoms. The minimum absolute atomic E-state index is 0.158. The number of piperidine rings is 1. The standard InChI is InChI=1S/C25H33N3O5S/c1-25(2,3)23(29)26-21(18-19-12-6-4-7-13-19)27-24(30)33-22-16-10-11-17-28(22)34(31,32)20-14-8-5-9-15-20/h4-9,12-15,21-22H,10-11,16-18H2,1-3H3,(H,26,29)(H,27,30)/t21-,22-/m0/s1. The van der Waals surface area contributed by atoms with E-state index in [-0.39, 0.29) is 17.3 Å². The van der Waals surface area contributed by atoms with Crippen LogP contribution in [0.5, 0.6) is 0 Å². The van der Waals surface area contributed by atoms with E-state index in [0.717, 1.165) is 12.0 Å². The van der Waals surface area contributed by atoms with Crippen LogP contribution in [0.1, 0.15) is 45.6 Å². The highest BCUT2D eigenvalue weighted by molar-refractivity contribution is 7.89. The Morgan fingerprint density at radius 2 is 1.62 bits per heavy atom. The molecule has 9 heteroatoms. The third-order valence-corrected chi connectivity index (χ3v) is 7.46. The zero-order valence-electron chi connectivity index (χ0n) is 19.9. The molecule has 0 aliphatic carbocycles. The van der Waals surface area contributed by atoms with Crippen LogP contribution >= 0.6 is 0 Å². The first-order valence-electron chi connectivity index (χ1n) is 11.5. The maximum absolute atomic E-state index is 13.2. The van der Waals surface area contributed by atoms with Gasteiger partial charge in [-0.25, -0.2) is 13.2 Å². The van der Waals surface area contributed by atoms with Crippen molar-refractivity contribution in [1.29, 1.82) is 0 Å². The van der Waals surface area contributed by atoms with Gasteiger partial charge in [0.1, 0.15) is 6.17 Å². The van der Waals surface area contributed by atoms with Crippen LogP contribution in [0.15, 0.2) is 65.6 Å². The largest absolute Gasteiger partial charge is 0.429 e. The van der Waals surface area contributed by atoms with Gasteiger partial charge in [-0.15, -0.1) is 0 Å². The number of hydrogen-bond acceptors (Lipinski definition) is 5. The number of rotatable bonds is 7. The molecule has 0 saturated carbocycles. The summed E-state index contributed by atoms with van der Waals surface area (Å²) in [4.78, 5) is 25.6. The van der Waals surface area contributed by atoms with Gasteiger partial charge >= 0.3 is 6.09 Å². The molecule has 0 spiro atoms. The van der Waals surface area contributed by atoms with Gasteiger partial charge in [-0.1, -0.05) is 69.3 Å². The molecule has 0 radical (unpaired) electrons. The third kappa shape index (κ3) is 6.80. The first-order chi connectivity index (χ1) is 16.1. The van der Waals surface area contributed by atoms with Crippen molar-refractivity contribution in [2.45, 2.75) is 63.7 Å². The molecule has 2 aromatic carbocycles. The normalized spacial score (nSPS) is 18.0. The van der Waals surface area contributed by atoms with Crippen molar-refractivity contribution in [3.63, 3.8) is 0 Å². The number of benzene rings is 2. The number of amides is 2. The lowest BCUT2D eigenvalue weighted by molar-refractivity contribution is -0.129. The van der Waals surface area contributed by atoms with E-state index in [4.69, 9.17) is 4.74 Å². The predicted octanol–water partition coefficient (Wildman–Crippen LogP) is 3.64. The summed E-state index contributed by atoms with van der Waals surface area (Å²) in [6.07, 6.45) is -0.237. The summed E-state index contributed by atoms with van der Waals surface area (Å²) in [5, 5.41) is 5.57. The average molecular weight is 488 g/mol. The van der Waals surface area contributed by atoms with Gasteiger partial charge in [-0.2, -0.15) is 4.31 Å². The topological polar surface area (TPSA) is 105 Å². The highest BCUT2D eigenvalue weighted by Gasteiger charge is 2.36. The van der Waals surface area contributed by atoms with Crippen molar-refractivity contribution < 1.29 is 22.7 Å². The molecule has 1 saturated heterocycles. The maximum Gasteiger partial charge on any atom is 0.410 e. The number of sulfonamides is 1. The minimum atomic E-state index is -3.81. The Labute approximate surface area is 201 Å². The van der Waals surface area contributed by atoms with E-state index in [2.05, 4.69) is 10.6 Å². The van der Waals surface area contributed by atoms with Crippen LogP contribution in [0, 0.1) is 5.41 Å². The minimum Gasteiger partial charge on any atom is -0.429 e. The van der Waals surface area contributed by atoms with Crippen molar-refractivity contribution in [3.8, 4) is 0 Å². The van der Waals surface area contributed by atoms with Crippen molar-refractivity contribution in [1.82, 2.24) is 14.9 Å². The quantitative estimate of drug-likeness (QED) is 0.580. The third-order valence-electron chi connectivity index (χ3n) is 5.55. The lowest BCUT2D eigenvalue weighted by Gasteiger charge is -2.34. The average Bonchev–Trinajstić information content (AvgIpc) is 2.80. The Bertz CT molecular complexity index is 1070. The molecule has 1 fully saturated rings. The number of nitrogens with one attached hydrogen (secondary N) is 2. The summed E-state index contributed by atoms with van der Waals surface area (Å²) in [5.41, 5.74) is 0.276. The van der Waals surface area contributed by atoms with Crippen LogP contribution < -0.4 is 10.6 Å². The van der Waals surface area contributed by atoms with E-state index >= 15 is 0 Å². The summed E-state index contributed by atoms with van der Waals surface area (Å²) >= 11 is 0. The van der Waals surface area contributed by atoms with Crippen molar-refractivity contribution in [2.24, 2.45) is 5.41 Å². The molecule has 0 bridgehead atoms. The molecule has 2 aromatic rings. The van der Waals surface area contributed by atoms with E-state index < -0.39 is 33.9 Å². The molecule has 1 aliphatic heterocycles. The summed E-state index contributed by atoms with van der Waals surface area (Å²) in [6.45, 7) is 5.63. The SMILES string of the molecule is CC(C)(C)C(=O)N[C@H](Cc1ccccc1)NC(=O)O[C@H]1CCCCN1S(=O)(=O)c1ccccc1. The summed E-state index contributed by atoms with van der Waals surface area (Å²) in [6, 6.07) is 17.6. The van der Waals surface area contributed by atoms with E-state index in [9.17, 15) is 18.0 Å².